The summed E-state index contributed by atoms with van der Waals surface area (Å²) in [6.07, 6.45) is 5.00. The predicted octanol–water partition coefficient (Wildman–Crippen LogP) is 0.319. The van der Waals surface area contributed by atoms with Gasteiger partial charge in [-0.05, 0) is 6.42 Å². The minimum Gasteiger partial charge on any atom is -0.359 e. The zero-order valence-electron chi connectivity index (χ0n) is 14.3. The Bertz CT molecular complexity index is 542. The lowest BCUT2D eigenvalue weighted by Gasteiger charge is -2.22. The molecule has 1 aromatic rings. The standard InChI is InChI=1S/C16H27N5O2/c1-4-5-21-10-14(8-18-21)9-19-6-7-20(13(2)22)12-15(11-19)16(23)17-3/h8,10,15H,4-7,9,11-12H2,1-3H3,(H,17,23). The van der Waals surface area contributed by atoms with Gasteiger partial charge in [0.25, 0.3) is 0 Å². The van der Waals surface area contributed by atoms with Crippen molar-refractivity contribution in [2.24, 2.45) is 5.92 Å². The van der Waals surface area contributed by atoms with E-state index in [1.807, 2.05) is 10.9 Å². The molecule has 2 heterocycles. The van der Waals surface area contributed by atoms with E-state index in [4.69, 9.17) is 0 Å². The highest BCUT2D eigenvalue weighted by Gasteiger charge is 2.28. The molecule has 1 aliphatic heterocycles. The summed E-state index contributed by atoms with van der Waals surface area (Å²) in [6, 6.07) is 0. The summed E-state index contributed by atoms with van der Waals surface area (Å²) in [4.78, 5) is 27.8. The number of aromatic nitrogens is 2. The number of hydrogen-bond acceptors (Lipinski definition) is 4. The van der Waals surface area contributed by atoms with Crippen molar-refractivity contribution in [2.75, 3.05) is 33.2 Å². The monoisotopic (exact) mass is 321 g/mol. The number of rotatable bonds is 5. The van der Waals surface area contributed by atoms with Gasteiger partial charge in [-0.15, -0.1) is 0 Å². The topological polar surface area (TPSA) is 70.5 Å². The first-order valence-electron chi connectivity index (χ1n) is 8.24. The highest BCUT2D eigenvalue weighted by atomic mass is 16.2. The normalized spacial score (nSPS) is 19.4. The van der Waals surface area contributed by atoms with Crippen LogP contribution in [0.1, 0.15) is 25.8 Å². The van der Waals surface area contributed by atoms with E-state index in [2.05, 4.69) is 28.4 Å². The second-order valence-corrected chi connectivity index (χ2v) is 6.12. The lowest BCUT2D eigenvalue weighted by molar-refractivity contribution is -0.130. The lowest BCUT2D eigenvalue weighted by Crippen LogP contribution is -2.40. The summed E-state index contributed by atoms with van der Waals surface area (Å²) in [5.41, 5.74) is 1.14. The molecule has 0 spiro atoms. The van der Waals surface area contributed by atoms with Crippen LogP contribution >= 0.6 is 0 Å². The molecule has 0 aromatic carbocycles. The summed E-state index contributed by atoms with van der Waals surface area (Å²) < 4.78 is 1.95. The first-order chi connectivity index (χ1) is 11.0. The second-order valence-electron chi connectivity index (χ2n) is 6.12. The number of hydrogen-bond donors (Lipinski definition) is 1. The number of amides is 2. The third-order valence-corrected chi connectivity index (χ3v) is 4.21. The Balaban J connectivity index is 2.04. The molecule has 7 nitrogen and oxygen atoms in total. The third-order valence-electron chi connectivity index (χ3n) is 4.21. The SMILES string of the molecule is CCCn1cc(CN2CCN(C(C)=O)CC(C(=O)NC)C2)cn1. The van der Waals surface area contributed by atoms with Crippen molar-refractivity contribution >= 4 is 11.8 Å². The van der Waals surface area contributed by atoms with Gasteiger partial charge in [0.2, 0.25) is 11.8 Å². The first kappa shape index (κ1) is 17.5. The maximum absolute atomic E-state index is 12.1. The van der Waals surface area contributed by atoms with Crippen LogP contribution in [0.15, 0.2) is 12.4 Å². The van der Waals surface area contributed by atoms with E-state index in [9.17, 15) is 9.59 Å². The Morgan fingerprint density at radius 2 is 2.13 bits per heavy atom. The molecule has 0 aliphatic carbocycles. The summed E-state index contributed by atoms with van der Waals surface area (Å²) >= 11 is 0. The van der Waals surface area contributed by atoms with E-state index in [1.165, 1.54) is 0 Å². The first-order valence-corrected chi connectivity index (χ1v) is 8.24. The fourth-order valence-corrected chi connectivity index (χ4v) is 2.98. The number of aryl methyl sites for hydroxylation is 1. The summed E-state index contributed by atoms with van der Waals surface area (Å²) in [5, 5.41) is 7.06. The molecule has 2 rings (SSSR count). The molecule has 1 atom stereocenters. The Hall–Kier alpha value is -1.89. The number of nitrogens with zero attached hydrogens (tertiary/aromatic N) is 4. The van der Waals surface area contributed by atoms with Crippen molar-refractivity contribution in [3.8, 4) is 0 Å². The number of carbonyl (C=O) groups is 2. The molecule has 1 saturated heterocycles. The van der Waals surface area contributed by atoms with E-state index >= 15 is 0 Å². The highest BCUT2D eigenvalue weighted by Crippen LogP contribution is 2.13. The van der Waals surface area contributed by atoms with Gasteiger partial charge in [0.05, 0.1) is 12.1 Å². The van der Waals surface area contributed by atoms with Crippen LogP contribution in [0.25, 0.3) is 0 Å². The van der Waals surface area contributed by atoms with Crippen molar-refractivity contribution in [2.45, 2.75) is 33.4 Å². The zero-order valence-corrected chi connectivity index (χ0v) is 14.3. The second kappa shape index (κ2) is 8.10. The fourth-order valence-electron chi connectivity index (χ4n) is 2.98. The Labute approximate surface area is 137 Å². The minimum absolute atomic E-state index is 0.00942. The van der Waals surface area contributed by atoms with Gasteiger partial charge in [0.1, 0.15) is 0 Å². The molecule has 2 amide bonds. The highest BCUT2D eigenvalue weighted by molar-refractivity contribution is 5.80. The molecule has 0 saturated carbocycles. The van der Waals surface area contributed by atoms with E-state index in [-0.39, 0.29) is 17.7 Å². The average Bonchev–Trinajstić information content (AvgIpc) is 2.84. The van der Waals surface area contributed by atoms with Gasteiger partial charge in [0, 0.05) is 65.0 Å². The molecule has 0 radical (unpaired) electrons. The Morgan fingerprint density at radius 1 is 1.35 bits per heavy atom. The van der Waals surface area contributed by atoms with E-state index in [0.29, 0.717) is 19.6 Å². The smallest absolute Gasteiger partial charge is 0.225 e. The van der Waals surface area contributed by atoms with Crippen molar-refractivity contribution < 1.29 is 9.59 Å². The summed E-state index contributed by atoms with van der Waals surface area (Å²) in [6.45, 7) is 7.93. The molecule has 1 fully saturated rings. The van der Waals surface area contributed by atoms with E-state index < -0.39 is 0 Å². The summed E-state index contributed by atoms with van der Waals surface area (Å²) in [7, 11) is 1.64. The van der Waals surface area contributed by atoms with E-state index in [0.717, 1.165) is 31.6 Å². The van der Waals surface area contributed by atoms with E-state index in [1.54, 1.807) is 18.9 Å². The summed E-state index contributed by atoms with van der Waals surface area (Å²) in [5.74, 6) is -0.182. The molecule has 0 bridgehead atoms. The molecule has 1 N–H and O–H groups in total. The van der Waals surface area contributed by atoms with Crippen LogP contribution in [0.4, 0.5) is 0 Å². The molecule has 1 aliphatic rings. The van der Waals surface area contributed by atoms with Crippen LogP contribution in [0, 0.1) is 5.92 Å². The molecule has 23 heavy (non-hydrogen) atoms. The quantitative estimate of drug-likeness (QED) is 0.848. The van der Waals surface area contributed by atoms with Crippen molar-refractivity contribution in [1.82, 2.24) is 24.9 Å². The molecular formula is C16H27N5O2. The number of carbonyl (C=O) groups excluding carboxylic acids is 2. The van der Waals surface area contributed by atoms with Crippen LogP contribution in [0.2, 0.25) is 0 Å². The average molecular weight is 321 g/mol. The van der Waals surface area contributed by atoms with Gasteiger partial charge >= 0.3 is 0 Å². The van der Waals surface area contributed by atoms with Gasteiger partial charge in [-0.3, -0.25) is 19.2 Å². The van der Waals surface area contributed by atoms with Gasteiger partial charge in [-0.2, -0.15) is 5.10 Å². The number of nitrogens with one attached hydrogen (secondary N) is 1. The maximum atomic E-state index is 12.1. The van der Waals surface area contributed by atoms with Crippen LogP contribution < -0.4 is 5.32 Å². The van der Waals surface area contributed by atoms with Crippen LogP contribution in [-0.4, -0.2) is 64.6 Å². The van der Waals surface area contributed by atoms with Crippen LogP contribution in [-0.2, 0) is 22.7 Å². The minimum atomic E-state index is -0.197. The predicted molar refractivity (Wildman–Crippen MR) is 87.6 cm³/mol. The molecule has 128 valence electrons. The van der Waals surface area contributed by atoms with Crippen molar-refractivity contribution in [3.63, 3.8) is 0 Å². The molecule has 1 aromatic heterocycles. The third kappa shape index (κ3) is 4.79. The largest absolute Gasteiger partial charge is 0.359 e. The Kier molecular flexibility index (Phi) is 6.15. The molecule has 1 unspecified atom stereocenters. The fraction of sp³-hybridized carbons (Fsp3) is 0.688. The molecule has 7 heteroatoms. The van der Waals surface area contributed by atoms with Gasteiger partial charge in [-0.25, -0.2) is 0 Å². The molecular weight excluding hydrogens is 294 g/mol. The lowest BCUT2D eigenvalue weighted by atomic mass is 10.1. The van der Waals surface area contributed by atoms with Gasteiger partial charge < -0.3 is 10.2 Å². The van der Waals surface area contributed by atoms with Gasteiger partial charge in [0.15, 0.2) is 0 Å². The van der Waals surface area contributed by atoms with Crippen molar-refractivity contribution in [1.29, 1.82) is 0 Å². The van der Waals surface area contributed by atoms with Gasteiger partial charge in [-0.1, -0.05) is 6.92 Å². The van der Waals surface area contributed by atoms with Crippen LogP contribution in [0.5, 0.6) is 0 Å². The maximum Gasteiger partial charge on any atom is 0.225 e. The van der Waals surface area contributed by atoms with Crippen LogP contribution in [0.3, 0.4) is 0 Å². The van der Waals surface area contributed by atoms with Crippen molar-refractivity contribution in [3.05, 3.63) is 18.0 Å². The zero-order chi connectivity index (χ0) is 16.8. The Morgan fingerprint density at radius 3 is 2.78 bits per heavy atom.